The molecule has 0 saturated carbocycles. The first kappa shape index (κ1) is 18.4. The number of hydrogen-bond donors (Lipinski definition) is 0. The molecule has 0 N–H and O–H groups in total. The minimum atomic E-state index is 0.502. The maximum absolute atomic E-state index is 6.41. The zero-order valence-corrected chi connectivity index (χ0v) is 17.8. The lowest BCUT2D eigenvalue weighted by molar-refractivity contribution is 1.01. The highest BCUT2D eigenvalue weighted by atomic mass is 35.5. The van der Waals surface area contributed by atoms with Crippen LogP contribution in [0.4, 0.5) is 0 Å². The fourth-order valence-electron chi connectivity index (χ4n) is 4.16. The molecular formula is C26H15Cl2N3. The Morgan fingerprint density at radius 2 is 1.26 bits per heavy atom. The van der Waals surface area contributed by atoms with Crippen LogP contribution >= 0.6 is 23.2 Å². The van der Waals surface area contributed by atoms with Crippen LogP contribution < -0.4 is 0 Å². The van der Waals surface area contributed by atoms with Gasteiger partial charge in [-0.3, -0.25) is 4.57 Å². The van der Waals surface area contributed by atoms with E-state index in [0.29, 0.717) is 16.0 Å². The van der Waals surface area contributed by atoms with Crippen molar-refractivity contribution in [3.63, 3.8) is 0 Å². The van der Waals surface area contributed by atoms with Crippen molar-refractivity contribution in [1.82, 2.24) is 14.5 Å². The van der Waals surface area contributed by atoms with Gasteiger partial charge in [-0.05, 0) is 24.3 Å². The van der Waals surface area contributed by atoms with Gasteiger partial charge in [-0.25, -0.2) is 9.97 Å². The summed E-state index contributed by atoms with van der Waals surface area (Å²) < 4.78 is 2.06. The Hall–Kier alpha value is -3.40. The molecule has 4 aromatic carbocycles. The van der Waals surface area contributed by atoms with Crippen molar-refractivity contribution in [2.75, 3.05) is 0 Å². The van der Waals surface area contributed by atoms with Gasteiger partial charge in [0.2, 0.25) is 5.95 Å². The summed E-state index contributed by atoms with van der Waals surface area (Å²) in [7, 11) is 0. The van der Waals surface area contributed by atoms with Gasteiger partial charge in [0.25, 0.3) is 0 Å². The van der Waals surface area contributed by atoms with Crippen molar-refractivity contribution in [2.24, 2.45) is 0 Å². The second-order valence-corrected chi connectivity index (χ2v) is 8.21. The maximum atomic E-state index is 6.41. The van der Waals surface area contributed by atoms with Crippen molar-refractivity contribution in [3.05, 3.63) is 101 Å². The smallest absolute Gasteiger partial charge is 0.235 e. The van der Waals surface area contributed by atoms with Crippen molar-refractivity contribution in [3.8, 4) is 17.2 Å². The molecule has 31 heavy (non-hydrogen) atoms. The van der Waals surface area contributed by atoms with Gasteiger partial charge in [0, 0.05) is 21.7 Å². The Morgan fingerprint density at radius 1 is 0.581 bits per heavy atom. The number of halogens is 2. The normalized spacial score (nSPS) is 11.5. The lowest BCUT2D eigenvalue weighted by Gasteiger charge is -2.11. The van der Waals surface area contributed by atoms with Crippen LogP contribution in [-0.4, -0.2) is 14.5 Å². The molecule has 0 spiro atoms. The molecule has 0 bridgehead atoms. The van der Waals surface area contributed by atoms with Crippen molar-refractivity contribution in [2.45, 2.75) is 0 Å². The van der Waals surface area contributed by atoms with Crippen molar-refractivity contribution < 1.29 is 0 Å². The van der Waals surface area contributed by atoms with Gasteiger partial charge in [0.05, 0.1) is 32.3 Å². The molecule has 0 amide bonds. The van der Waals surface area contributed by atoms with Crippen LogP contribution in [0, 0.1) is 0 Å². The van der Waals surface area contributed by atoms with Gasteiger partial charge in [-0.2, -0.15) is 0 Å². The Balaban J connectivity index is 1.76. The van der Waals surface area contributed by atoms with E-state index in [9.17, 15) is 0 Å². The molecule has 0 saturated heterocycles. The number of nitrogens with zero attached hydrogens (tertiary/aromatic N) is 3. The quantitative estimate of drug-likeness (QED) is 0.276. The summed E-state index contributed by atoms with van der Waals surface area (Å²) in [6.07, 6.45) is 0. The van der Waals surface area contributed by atoms with E-state index in [1.807, 2.05) is 60.7 Å². The molecule has 6 rings (SSSR count). The minimum absolute atomic E-state index is 0.502. The zero-order valence-electron chi connectivity index (χ0n) is 16.3. The van der Waals surface area contributed by atoms with E-state index in [4.69, 9.17) is 33.2 Å². The maximum Gasteiger partial charge on any atom is 0.235 e. The first-order chi connectivity index (χ1) is 15.2. The fourth-order valence-corrected chi connectivity index (χ4v) is 4.48. The summed E-state index contributed by atoms with van der Waals surface area (Å²) in [5, 5.41) is 4.14. The van der Waals surface area contributed by atoms with E-state index in [2.05, 4.69) is 34.9 Å². The highest BCUT2D eigenvalue weighted by Crippen LogP contribution is 2.37. The predicted octanol–water partition coefficient (Wildman–Crippen LogP) is 7.70. The largest absolute Gasteiger partial charge is 0.278 e. The summed E-state index contributed by atoms with van der Waals surface area (Å²) in [4.78, 5) is 9.97. The first-order valence-electron chi connectivity index (χ1n) is 9.91. The standard InChI is InChI=1S/C26H15Cl2N3/c27-20-14-19-17-10-5-7-13-23(17)31(24(19)15-21(20)28)26-29-22-12-6-4-11-18(22)25(30-26)16-8-2-1-3-9-16/h1-15H. The Kier molecular flexibility index (Phi) is 4.20. The molecule has 0 aliphatic carbocycles. The third-order valence-electron chi connectivity index (χ3n) is 5.55. The van der Waals surface area contributed by atoms with Crippen molar-refractivity contribution >= 4 is 55.9 Å². The number of hydrogen-bond acceptors (Lipinski definition) is 2. The van der Waals surface area contributed by atoms with Crippen LogP contribution in [-0.2, 0) is 0 Å². The van der Waals surface area contributed by atoms with E-state index in [0.717, 1.165) is 44.0 Å². The molecule has 0 aliphatic rings. The first-order valence-corrected chi connectivity index (χ1v) is 10.7. The molecule has 0 radical (unpaired) electrons. The molecular weight excluding hydrogens is 425 g/mol. The van der Waals surface area contributed by atoms with Crippen molar-refractivity contribution in [1.29, 1.82) is 0 Å². The number of benzene rings is 4. The predicted molar refractivity (Wildman–Crippen MR) is 129 cm³/mol. The number of rotatable bonds is 2. The molecule has 5 heteroatoms. The summed E-state index contributed by atoms with van der Waals surface area (Å²) >= 11 is 12.8. The van der Waals surface area contributed by atoms with Crippen LogP contribution in [0.3, 0.4) is 0 Å². The average Bonchev–Trinajstić information content (AvgIpc) is 3.12. The Bertz CT molecular complexity index is 1600. The molecule has 0 aliphatic heterocycles. The highest BCUT2D eigenvalue weighted by molar-refractivity contribution is 6.43. The number of aromatic nitrogens is 3. The van der Waals surface area contributed by atoms with Gasteiger partial charge in [-0.1, -0.05) is 89.9 Å². The van der Waals surface area contributed by atoms with Crippen LogP contribution in [0.25, 0.3) is 49.9 Å². The van der Waals surface area contributed by atoms with Gasteiger partial charge in [-0.15, -0.1) is 0 Å². The van der Waals surface area contributed by atoms with Crippen LogP contribution in [0.1, 0.15) is 0 Å². The molecule has 2 heterocycles. The highest BCUT2D eigenvalue weighted by Gasteiger charge is 2.18. The zero-order chi connectivity index (χ0) is 20.9. The van der Waals surface area contributed by atoms with Crippen LogP contribution in [0.5, 0.6) is 0 Å². The molecule has 0 fully saturated rings. The molecule has 148 valence electrons. The number of para-hydroxylation sites is 2. The van der Waals surface area contributed by atoms with E-state index in [1.54, 1.807) is 0 Å². The summed E-state index contributed by atoms with van der Waals surface area (Å²) in [6, 6.07) is 30.3. The van der Waals surface area contributed by atoms with Gasteiger partial charge in [0.1, 0.15) is 0 Å². The third-order valence-corrected chi connectivity index (χ3v) is 6.28. The monoisotopic (exact) mass is 439 g/mol. The molecule has 0 atom stereocenters. The summed E-state index contributed by atoms with van der Waals surface area (Å²) in [5.41, 5.74) is 4.75. The second-order valence-electron chi connectivity index (χ2n) is 7.39. The number of fused-ring (bicyclic) bond motifs is 4. The minimum Gasteiger partial charge on any atom is -0.278 e. The molecule has 6 aromatic rings. The Labute approximate surface area is 188 Å². The topological polar surface area (TPSA) is 30.7 Å². The van der Waals surface area contributed by atoms with Crippen LogP contribution in [0.15, 0.2) is 91.0 Å². The van der Waals surface area contributed by atoms with E-state index in [-0.39, 0.29) is 0 Å². The average molecular weight is 440 g/mol. The van der Waals surface area contributed by atoms with Gasteiger partial charge < -0.3 is 0 Å². The molecule has 0 unspecified atom stereocenters. The Morgan fingerprint density at radius 3 is 2.10 bits per heavy atom. The second kappa shape index (κ2) is 7.09. The lowest BCUT2D eigenvalue weighted by atomic mass is 10.1. The lowest BCUT2D eigenvalue weighted by Crippen LogP contribution is -2.03. The van der Waals surface area contributed by atoms with E-state index >= 15 is 0 Å². The van der Waals surface area contributed by atoms with E-state index < -0.39 is 0 Å². The van der Waals surface area contributed by atoms with Crippen LogP contribution in [0.2, 0.25) is 10.0 Å². The van der Waals surface area contributed by atoms with Gasteiger partial charge in [0.15, 0.2) is 0 Å². The molecule has 2 aromatic heterocycles. The summed E-state index contributed by atoms with van der Waals surface area (Å²) in [5.74, 6) is 0.599. The fraction of sp³-hybridized carbons (Fsp3) is 0. The summed E-state index contributed by atoms with van der Waals surface area (Å²) in [6.45, 7) is 0. The van der Waals surface area contributed by atoms with E-state index in [1.165, 1.54) is 0 Å². The SMILES string of the molecule is Clc1cc2c3ccccc3n(-c3nc(-c4ccccc4)c4ccccc4n3)c2cc1Cl. The van der Waals surface area contributed by atoms with Gasteiger partial charge >= 0.3 is 0 Å². The third kappa shape index (κ3) is 2.89. The molecule has 3 nitrogen and oxygen atoms in total.